The van der Waals surface area contributed by atoms with Gasteiger partial charge in [-0.3, -0.25) is 14.2 Å². The molecule has 2 fully saturated rings. The molecule has 0 aromatic carbocycles. The lowest BCUT2D eigenvalue weighted by Crippen LogP contribution is -2.43. The van der Waals surface area contributed by atoms with Gasteiger partial charge in [0.15, 0.2) is 5.78 Å². The zero-order chi connectivity index (χ0) is 30.1. The molecule has 4 heterocycles. The molecule has 0 bridgehead atoms. The van der Waals surface area contributed by atoms with Crippen LogP contribution in [0.3, 0.4) is 0 Å². The lowest BCUT2D eigenvalue weighted by Gasteiger charge is -2.29. The first-order chi connectivity index (χ1) is 19.0. The number of fused-ring (bicyclic) bond motifs is 1. The van der Waals surface area contributed by atoms with Gasteiger partial charge in [-0.25, -0.2) is 9.97 Å². The first-order valence-electron chi connectivity index (χ1n) is 14.6. The molecular formula is C24H29N7O2. The summed E-state index contributed by atoms with van der Waals surface area (Å²) in [5.74, 6) is -0.346. The van der Waals surface area contributed by atoms with Crippen molar-refractivity contribution in [3.63, 3.8) is 0 Å². The van der Waals surface area contributed by atoms with Crippen molar-refractivity contribution < 1.29 is 15.8 Å². The number of anilines is 3. The molecule has 0 radical (unpaired) electrons. The van der Waals surface area contributed by atoms with Crippen molar-refractivity contribution in [1.29, 1.82) is 0 Å². The van der Waals surface area contributed by atoms with E-state index in [0.29, 0.717) is 10.9 Å². The minimum atomic E-state index is -2.08. The van der Waals surface area contributed by atoms with Crippen molar-refractivity contribution in [3.8, 4) is 0 Å². The quantitative estimate of drug-likeness (QED) is 0.566. The summed E-state index contributed by atoms with van der Waals surface area (Å²) >= 11 is 0. The lowest BCUT2D eigenvalue weighted by molar-refractivity contribution is 0.101. The monoisotopic (exact) mass is 455 g/mol. The van der Waals surface area contributed by atoms with Crippen LogP contribution in [0.1, 0.15) is 65.4 Å². The third kappa shape index (κ3) is 4.08. The van der Waals surface area contributed by atoms with Crippen LogP contribution in [0.2, 0.25) is 0 Å². The van der Waals surface area contributed by atoms with E-state index < -0.39 is 43.1 Å². The topological polar surface area (TPSA) is 105 Å². The summed E-state index contributed by atoms with van der Waals surface area (Å²) in [6.07, 6.45) is -1.71. The molecule has 3 aromatic heterocycles. The number of nitrogens with zero attached hydrogens (tertiary/aromatic N) is 5. The van der Waals surface area contributed by atoms with Gasteiger partial charge in [-0.15, -0.1) is 0 Å². The molecule has 0 amide bonds. The number of ketones is 1. The molecule has 2 aliphatic rings. The molecule has 9 heteroatoms. The molecule has 33 heavy (non-hydrogen) atoms. The van der Waals surface area contributed by atoms with Crippen LogP contribution in [0, 0.1) is 6.92 Å². The molecule has 1 saturated carbocycles. The maximum absolute atomic E-state index is 13.6. The van der Waals surface area contributed by atoms with Crippen LogP contribution >= 0.6 is 0 Å². The summed E-state index contributed by atoms with van der Waals surface area (Å²) in [6, 6.07) is 1.45. The molecule has 0 atom stereocenters. The van der Waals surface area contributed by atoms with Crippen molar-refractivity contribution in [2.75, 3.05) is 36.3 Å². The largest absolute Gasteiger partial charge is 0.368 e. The number of piperazine rings is 1. The van der Waals surface area contributed by atoms with E-state index in [-0.39, 0.29) is 54.6 Å². The van der Waals surface area contributed by atoms with E-state index in [0.717, 1.165) is 9.47 Å². The van der Waals surface area contributed by atoms with Gasteiger partial charge < -0.3 is 15.5 Å². The number of carbonyl (C=O) groups is 1. The van der Waals surface area contributed by atoms with Gasteiger partial charge in [0.05, 0.1) is 22.9 Å². The van der Waals surface area contributed by atoms with Gasteiger partial charge in [0.2, 0.25) is 5.95 Å². The lowest BCUT2D eigenvalue weighted by atomic mass is 10.0. The molecule has 1 aliphatic heterocycles. The summed E-state index contributed by atoms with van der Waals surface area (Å²) < 4.78 is 67.8. The fourth-order valence-electron chi connectivity index (χ4n) is 4.00. The van der Waals surface area contributed by atoms with E-state index in [1.165, 1.54) is 31.5 Å². The maximum atomic E-state index is 13.6. The Morgan fingerprint density at radius 1 is 1.18 bits per heavy atom. The fourth-order valence-corrected chi connectivity index (χ4v) is 4.00. The van der Waals surface area contributed by atoms with Crippen molar-refractivity contribution in [2.45, 2.75) is 45.5 Å². The predicted molar refractivity (Wildman–Crippen MR) is 129 cm³/mol. The van der Waals surface area contributed by atoms with Crippen LogP contribution < -0.4 is 21.1 Å². The Labute approximate surface area is 203 Å². The van der Waals surface area contributed by atoms with Gasteiger partial charge in [-0.2, -0.15) is 4.98 Å². The van der Waals surface area contributed by atoms with Crippen LogP contribution in [0.5, 0.6) is 0 Å². The van der Waals surface area contributed by atoms with Crippen molar-refractivity contribution >= 4 is 34.3 Å². The zero-order valence-electron chi connectivity index (χ0n) is 26.3. The fraction of sp³-hybridized carbons (Fsp3) is 0.458. The number of aromatic nitrogens is 4. The molecular weight excluding hydrogens is 418 g/mol. The van der Waals surface area contributed by atoms with Gasteiger partial charge in [0.25, 0.3) is 5.56 Å². The van der Waals surface area contributed by atoms with Gasteiger partial charge in [-0.05, 0) is 44.3 Å². The number of aryl methyl sites for hydroxylation is 1. The Kier molecular flexibility index (Phi) is 3.79. The Balaban J connectivity index is 1.58. The van der Waals surface area contributed by atoms with Gasteiger partial charge in [0.1, 0.15) is 11.5 Å². The highest BCUT2D eigenvalue weighted by Gasteiger charge is 2.25. The van der Waals surface area contributed by atoms with Crippen molar-refractivity contribution in [1.82, 2.24) is 24.8 Å². The maximum Gasteiger partial charge on any atom is 0.263 e. The molecule has 2 N–H and O–H groups in total. The van der Waals surface area contributed by atoms with E-state index in [2.05, 4.69) is 25.6 Å². The smallest absolute Gasteiger partial charge is 0.263 e. The Bertz CT molecular complexity index is 1560. The van der Waals surface area contributed by atoms with E-state index in [1.54, 1.807) is 6.92 Å². The normalized spacial score (nSPS) is 26.7. The molecule has 1 saturated heterocycles. The number of pyridine rings is 2. The van der Waals surface area contributed by atoms with Gasteiger partial charge >= 0.3 is 0 Å². The average Bonchev–Trinajstić information content (AvgIpc) is 3.06. The van der Waals surface area contributed by atoms with E-state index in [1.807, 2.05) is 0 Å². The van der Waals surface area contributed by atoms with Crippen LogP contribution in [0.15, 0.2) is 29.3 Å². The minimum Gasteiger partial charge on any atom is -0.368 e. The first-order valence-corrected chi connectivity index (χ1v) is 10.6. The Morgan fingerprint density at radius 3 is 2.61 bits per heavy atom. The summed E-state index contributed by atoms with van der Waals surface area (Å²) in [6.45, 7) is -1.36. The molecule has 3 aromatic rings. The zero-order valence-corrected chi connectivity index (χ0v) is 18.3. The number of hydrogen-bond donors (Lipinski definition) is 2. The highest BCUT2D eigenvalue weighted by atomic mass is 16.1. The molecule has 0 unspecified atom stereocenters. The number of Topliss-reactive ketones (excluding diaryl/α,β-unsaturated/α-hetero) is 1. The number of rotatable bonds is 5. The molecule has 0 spiro atoms. The van der Waals surface area contributed by atoms with Crippen LogP contribution in [0.4, 0.5) is 17.5 Å². The Hall–Kier alpha value is -3.33. The Morgan fingerprint density at radius 2 is 1.94 bits per heavy atom. The van der Waals surface area contributed by atoms with Crippen LogP contribution in [0.25, 0.3) is 11.0 Å². The molecule has 1 aliphatic carbocycles. The summed E-state index contributed by atoms with van der Waals surface area (Å²) in [5, 5.41) is 5.92. The predicted octanol–water partition coefficient (Wildman–Crippen LogP) is 2.97. The minimum absolute atomic E-state index is 0.0338. The SMILES string of the molecule is [2H]C1([2H])CCC([2H])([2H])C1n1c(=O)c(C(C)=O)c(C)c2cnc(Nc3ccc(N4C([2H])([2H])CNCC4([2H])[2H])cn3)nc21. The first kappa shape index (κ1) is 14.0. The molecule has 9 nitrogen and oxygen atoms in total. The number of nitrogens with one attached hydrogen (secondary N) is 2. The second-order valence-electron chi connectivity index (χ2n) is 7.75. The standard InChI is InChI=1S/C24H29N7O2/c1-15-19-14-27-24(28-20-8-7-18(13-26-20)30-11-9-25-10-12-30)29-22(19)31(17-5-3-4-6-17)23(33)21(15)16(2)32/h7-8,13-14,17,25H,3-6,9-12H2,1-2H3,(H,26,27,28,29)/i5D2,6D2,11D2,12D2. The molecule has 5 rings (SSSR count). The highest BCUT2D eigenvalue weighted by molar-refractivity contribution is 5.99. The second-order valence-corrected chi connectivity index (χ2v) is 7.75. The third-order valence-corrected chi connectivity index (χ3v) is 5.59. The summed E-state index contributed by atoms with van der Waals surface area (Å²) in [4.78, 5) is 40.1. The second kappa shape index (κ2) is 8.90. The average molecular weight is 456 g/mol. The van der Waals surface area contributed by atoms with Crippen molar-refractivity contribution in [2.24, 2.45) is 0 Å². The third-order valence-electron chi connectivity index (χ3n) is 5.59. The number of hydrogen-bond acceptors (Lipinski definition) is 8. The van der Waals surface area contributed by atoms with E-state index in [9.17, 15) is 9.59 Å². The van der Waals surface area contributed by atoms with Gasteiger partial charge in [-0.1, -0.05) is 12.8 Å². The summed E-state index contributed by atoms with van der Waals surface area (Å²) in [5.41, 5.74) is -0.507. The van der Waals surface area contributed by atoms with E-state index >= 15 is 0 Å². The van der Waals surface area contributed by atoms with Gasteiger partial charge in [0, 0.05) is 49.2 Å². The van der Waals surface area contributed by atoms with E-state index in [4.69, 9.17) is 11.0 Å². The van der Waals surface area contributed by atoms with Crippen molar-refractivity contribution in [3.05, 3.63) is 46.0 Å². The summed E-state index contributed by atoms with van der Waals surface area (Å²) in [7, 11) is 0. The number of carbonyl (C=O) groups excluding carboxylic acids is 1. The van der Waals surface area contributed by atoms with Crippen LogP contribution in [-0.4, -0.2) is 51.4 Å². The molecule has 172 valence electrons. The van der Waals surface area contributed by atoms with Crippen LogP contribution in [-0.2, 0) is 0 Å². The highest BCUT2D eigenvalue weighted by Crippen LogP contribution is 2.32.